The number of benzene rings is 1. The highest BCUT2D eigenvalue weighted by molar-refractivity contribution is 8.01. The Morgan fingerprint density at radius 2 is 1.96 bits per heavy atom. The van der Waals surface area contributed by atoms with Crippen molar-refractivity contribution in [2.24, 2.45) is 0 Å². The van der Waals surface area contributed by atoms with Gasteiger partial charge in [0.05, 0.1) is 5.75 Å². The molecule has 0 saturated heterocycles. The van der Waals surface area contributed by atoms with Gasteiger partial charge in [-0.3, -0.25) is 19.6 Å². The molecule has 3 aromatic rings. The summed E-state index contributed by atoms with van der Waals surface area (Å²) in [6.45, 7) is 0. The van der Waals surface area contributed by atoms with Gasteiger partial charge in [-0.05, 0) is 0 Å². The number of carbonyl (C=O) groups is 1. The second-order valence-electron chi connectivity index (χ2n) is 4.58. The molecule has 1 amide bonds. The molecule has 0 aliphatic heterocycles. The van der Waals surface area contributed by atoms with Gasteiger partial charge >= 0.3 is 5.69 Å². The maximum absolute atomic E-state index is 11.9. The van der Waals surface area contributed by atoms with Crippen molar-refractivity contribution < 1.29 is 4.79 Å². The zero-order chi connectivity index (χ0) is 16.9. The predicted molar refractivity (Wildman–Crippen MR) is 92.4 cm³/mol. The molecule has 2 aromatic heterocycles. The highest BCUT2D eigenvalue weighted by Gasteiger charge is 2.10. The molecule has 3 rings (SSSR count). The molecule has 0 fully saturated rings. The van der Waals surface area contributed by atoms with Crippen molar-refractivity contribution >= 4 is 34.8 Å². The molecule has 122 valence electrons. The van der Waals surface area contributed by atoms with Gasteiger partial charge in [-0.25, -0.2) is 4.79 Å². The monoisotopic (exact) mass is 361 g/mol. The van der Waals surface area contributed by atoms with E-state index >= 15 is 0 Å². The fourth-order valence-corrected chi connectivity index (χ4v) is 3.47. The lowest BCUT2D eigenvalue weighted by Crippen LogP contribution is -2.25. The summed E-state index contributed by atoms with van der Waals surface area (Å²) in [7, 11) is 0. The lowest BCUT2D eigenvalue weighted by molar-refractivity contribution is -0.113. The number of carbonyl (C=O) groups excluding carboxylic acids is 1. The quantitative estimate of drug-likeness (QED) is 0.589. The van der Waals surface area contributed by atoms with Gasteiger partial charge in [0.2, 0.25) is 5.91 Å². The Balaban J connectivity index is 1.60. The minimum Gasteiger partial charge on any atom is -0.311 e. The summed E-state index contributed by atoms with van der Waals surface area (Å²) >= 11 is 2.61. The molecular formula is C14H11N5O3S2. The van der Waals surface area contributed by atoms with E-state index in [2.05, 4.69) is 20.5 Å². The number of aromatic nitrogens is 4. The van der Waals surface area contributed by atoms with Gasteiger partial charge in [0.15, 0.2) is 4.34 Å². The number of hydrogen-bond donors (Lipinski definition) is 3. The van der Waals surface area contributed by atoms with Crippen LogP contribution in [0.3, 0.4) is 0 Å². The van der Waals surface area contributed by atoms with Crippen LogP contribution in [-0.4, -0.2) is 31.8 Å². The summed E-state index contributed by atoms with van der Waals surface area (Å²) in [5.74, 6) is -0.229. The fraction of sp³-hybridized carbons (Fsp3) is 0.0714. The van der Waals surface area contributed by atoms with Gasteiger partial charge in [-0.1, -0.05) is 53.4 Å². The van der Waals surface area contributed by atoms with Crippen molar-refractivity contribution in [3.63, 3.8) is 0 Å². The van der Waals surface area contributed by atoms with E-state index in [4.69, 9.17) is 0 Å². The van der Waals surface area contributed by atoms with Crippen molar-refractivity contribution in [2.75, 3.05) is 11.1 Å². The lowest BCUT2D eigenvalue weighted by atomic mass is 10.2. The average Bonchev–Trinajstić information content (AvgIpc) is 3.02. The number of aromatic amines is 2. The number of amides is 1. The Labute approximate surface area is 143 Å². The van der Waals surface area contributed by atoms with Crippen LogP contribution in [0.5, 0.6) is 0 Å². The number of hydrogen-bond acceptors (Lipinski definition) is 7. The highest BCUT2D eigenvalue weighted by atomic mass is 32.2. The molecule has 0 bridgehead atoms. The molecule has 3 N–H and O–H groups in total. The van der Waals surface area contributed by atoms with Crippen LogP contribution in [0.2, 0.25) is 0 Å². The van der Waals surface area contributed by atoms with E-state index in [1.54, 1.807) is 0 Å². The van der Waals surface area contributed by atoms with Gasteiger partial charge in [0, 0.05) is 11.6 Å². The second kappa shape index (κ2) is 7.23. The van der Waals surface area contributed by atoms with Gasteiger partial charge in [-0.15, -0.1) is 10.2 Å². The predicted octanol–water partition coefficient (Wildman–Crippen LogP) is 1.31. The Kier molecular flexibility index (Phi) is 4.87. The molecule has 0 atom stereocenters. The van der Waals surface area contributed by atoms with Crippen molar-refractivity contribution in [3.05, 3.63) is 57.2 Å². The largest absolute Gasteiger partial charge is 0.327 e. The highest BCUT2D eigenvalue weighted by Crippen LogP contribution is 2.28. The van der Waals surface area contributed by atoms with Crippen LogP contribution < -0.4 is 16.6 Å². The molecular weight excluding hydrogens is 350 g/mol. The summed E-state index contributed by atoms with van der Waals surface area (Å²) in [5.41, 5.74) is -0.298. The number of H-pyrrole nitrogens is 2. The molecule has 0 unspecified atom stereocenters. The zero-order valence-electron chi connectivity index (χ0n) is 12.1. The molecule has 2 heterocycles. The van der Waals surface area contributed by atoms with Crippen molar-refractivity contribution in [3.8, 4) is 10.6 Å². The van der Waals surface area contributed by atoms with Crippen molar-refractivity contribution in [2.45, 2.75) is 4.34 Å². The molecule has 1 aromatic carbocycles. The van der Waals surface area contributed by atoms with Gasteiger partial charge in [0.1, 0.15) is 10.8 Å². The topological polar surface area (TPSA) is 121 Å². The maximum Gasteiger partial charge on any atom is 0.327 e. The Hall–Kier alpha value is -2.72. The summed E-state index contributed by atoms with van der Waals surface area (Å²) in [6, 6.07) is 10.7. The summed E-state index contributed by atoms with van der Waals surface area (Å²) < 4.78 is 0.656. The Morgan fingerprint density at radius 3 is 2.71 bits per heavy atom. The zero-order valence-corrected chi connectivity index (χ0v) is 13.7. The SMILES string of the molecule is O=C(CSc1nnc(-c2ccccc2)s1)Nc1cc(=O)[nH]c(=O)[nH]1. The van der Waals surface area contributed by atoms with Crippen molar-refractivity contribution in [1.29, 1.82) is 0 Å². The number of rotatable bonds is 5. The van der Waals surface area contributed by atoms with Crippen LogP contribution in [0.25, 0.3) is 10.6 Å². The molecule has 24 heavy (non-hydrogen) atoms. The van der Waals surface area contributed by atoms with Crippen LogP contribution in [0.15, 0.2) is 50.3 Å². The Morgan fingerprint density at radius 1 is 1.17 bits per heavy atom. The normalized spacial score (nSPS) is 10.5. The van der Waals surface area contributed by atoms with Crippen molar-refractivity contribution in [1.82, 2.24) is 20.2 Å². The van der Waals surface area contributed by atoms with Gasteiger partial charge < -0.3 is 5.32 Å². The van der Waals surface area contributed by atoms with E-state index in [1.165, 1.54) is 23.1 Å². The van der Waals surface area contributed by atoms with E-state index in [-0.39, 0.29) is 17.5 Å². The van der Waals surface area contributed by atoms with Gasteiger partial charge in [-0.2, -0.15) is 0 Å². The molecule has 10 heteroatoms. The van der Waals surface area contributed by atoms with Gasteiger partial charge in [0.25, 0.3) is 5.56 Å². The number of nitrogens with one attached hydrogen (secondary N) is 3. The van der Waals surface area contributed by atoms with Crippen LogP contribution in [0.4, 0.5) is 5.82 Å². The molecule has 0 spiro atoms. The first-order valence-corrected chi connectivity index (χ1v) is 8.55. The third-order valence-corrected chi connectivity index (χ3v) is 4.89. The van der Waals surface area contributed by atoms with E-state index in [9.17, 15) is 14.4 Å². The lowest BCUT2D eigenvalue weighted by Gasteiger charge is -2.02. The first-order valence-electron chi connectivity index (χ1n) is 6.75. The molecule has 0 aliphatic rings. The van der Waals surface area contributed by atoms with E-state index < -0.39 is 11.2 Å². The third kappa shape index (κ3) is 4.18. The van der Waals surface area contributed by atoms with E-state index in [0.29, 0.717) is 4.34 Å². The second-order valence-corrected chi connectivity index (χ2v) is 6.78. The third-order valence-electron chi connectivity index (χ3n) is 2.79. The average molecular weight is 361 g/mol. The molecule has 0 aliphatic carbocycles. The molecule has 0 saturated carbocycles. The van der Waals surface area contributed by atoms with E-state index in [1.807, 2.05) is 35.3 Å². The first-order chi connectivity index (χ1) is 11.6. The number of nitrogens with zero attached hydrogens (tertiary/aromatic N) is 2. The number of anilines is 1. The van der Waals surface area contributed by atoms with Crippen LogP contribution >= 0.6 is 23.1 Å². The first kappa shape index (κ1) is 16.1. The molecule has 8 nitrogen and oxygen atoms in total. The summed E-state index contributed by atoms with van der Waals surface area (Å²) in [6.07, 6.45) is 0. The minimum atomic E-state index is -0.679. The summed E-state index contributed by atoms with van der Waals surface area (Å²) in [5, 5.41) is 11.4. The summed E-state index contributed by atoms with van der Waals surface area (Å²) in [4.78, 5) is 38.5. The van der Waals surface area contributed by atoms with Crippen LogP contribution in [0, 0.1) is 0 Å². The van der Waals surface area contributed by atoms with E-state index in [0.717, 1.165) is 16.6 Å². The smallest absolute Gasteiger partial charge is 0.311 e. The standard InChI is InChI=1S/C14H11N5O3S2/c20-10-6-9(16-13(22)17-10)15-11(21)7-23-14-19-18-12(24-14)8-4-2-1-3-5-8/h1-6H,7H2,(H3,15,16,17,20,21,22). The Bertz CT molecular complexity index is 936. The fourth-order valence-electron chi connectivity index (χ4n) is 1.82. The number of thioether (sulfide) groups is 1. The minimum absolute atomic E-state index is 0.0524. The van der Waals surface area contributed by atoms with Crippen LogP contribution in [0.1, 0.15) is 0 Å². The van der Waals surface area contributed by atoms with Crippen LogP contribution in [-0.2, 0) is 4.79 Å². The molecule has 0 radical (unpaired) electrons. The maximum atomic E-state index is 11.9.